The second-order valence-corrected chi connectivity index (χ2v) is 4.51. The van der Waals surface area contributed by atoms with E-state index in [2.05, 4.69) is 5.10 Å². The molecule has 6 nitrogen and oxygen atoms in total. The topological polar surface area (TPSA) is 78.0 Å². The van der Waals surface area contributed by atoms with Crippen molar-refractivity contribution in [1.82, 2.24) is 9.78 Å². The van der Waals surface area contributed by atoms with Gasteiger partial charge in [-0.3, -0.25) is 14.8 Å². The average Bonchev–Trinajstić information content (AvgIpc) is 2.80. The molecule has 1 aromatic heterocycles. The SMILES string of the molecule is O=CCC1CCC(n2cc([N+](=O)[O-])cn2)CC1. The molecule has 1 aliphatic carbocycles. The molecule has 2 rings (SSSR count). The maximum Gasteiger partial charge on any atom is 0.307 e. The second kappa shape index (κ2) is 5.07. The minimum Gasteiger partial charge on any atom is -0.303 e. The normalized spacial score (nSPS) is 24.5. The number of nitrogens with zero attached hydrogens (tertiary/aromatic N) is 3. The standard InChI is InChI=1S/C11H15N3O3/c15-6-5-9-1-3-10(4-2-9)13-8-11(7-12-13)14(16)17/h6-10H,1-5H2. The van der Waals surface area contributed by atoms with Crippen molar-refractivity contribution in [2.45, 2.75) is 38.1 Å². The number of nitro groups is 1. The molecule has 6 heteroatoms. The largest absolute Gasteiger partial charge is 0.307 e. The van der Waals surface area contributed by atoms with Gasteiger partial charge in [-0.15, -0.1) is 0 Å². The van der Waals surface area contributed by atoms with E-state index >= 15 is 0 Å². The third-order valence-electron chi connectivity index (χ3n) is 3.42. The summed E-state index contributed by atoms with van der Waals surface area (Å²) in [6, 6.07) is 0.242. The Hall–Kier alpha value is -1.72. The fourth-order valence-corrected chi connectivity index (χ4v) is 2.40. The maximum absolute atomic E-state index is 10.5. The van der Waals surface area contributed by atoms with E-state index in [-0.39, 0.29) is 11.7 Å². The highest BCUT2D eigenvalue weighted by Crippen LogP contribution is 2.33. The highest BCUT2D eigenvalue weighted by atomic mass is 16.6. The van der Waals surface area contributed by atoms with Gasteiger partial charge in [-0.1, -0.05) is 0 Å². The van der Waals surface area contributed by atoms with Gasteiger partial charge in [0.1, 0.15) is 18.7 Å². The summed E-state index contributed by atoms with van der Waals surface area (Å²) in [5.74, 6) is 0.481. The van der Waals surface area contributed by atoms with Gasteiger partial charge in [-0.25, -0.2) is 0 Å². The van der Waals surface area contributed by atoms with E-state index in [1.54, 1.807) is 4.68 Å². The van der Waals surface area contributed by atoms with Crippen LogP contribution >= 0.6 is 0 Å². The molecule has 0 unspecified atom stereocenters. The van der Waals surface area contributed by atoms with Crippen molar-refractivity contribution in [2.75, 3.05) is 0 Å². The average molecular weight is 237 g/mol. The van der Waals surface area contributed by atoms with E-state index in [0.717, 1.165) is 32.0 Å². The minimum absolute atomic E-state index is 0.0417. The van der Waals surface area contributed by atoms with Crippen molar-refractivity contribution in [3.8, 4) is 0 Å². The number of aromatic nitrogens is 2. The van der Waals surface area contributed by atoms with Gasteiger partial charge in [0.05, 0.1) is 11.0 Å². The molecule has 1 aromatic rings. The Morgan fingerprint density at radius 2 is 2.18 bits per heavy atom. The van der Waals surface area contributed by atoms with Gasteiger partial charge < -0.3 is 4.79 Å². The predicted molar refractivity (Wildman–Crippen MR) is 60.6 cm³/mol. The molecule has 0 spiro atoms. The van der Waals surface area contributed by atoms with Crippen LogP contribution in [0.1, 0.15) is 38.1 Å². The molecule has 0 aliphatic heterocycles. The molecule has 0 radical (unpaired) electrons. The summed E-state index contributed by atoms with van der Waals surface area (Å²) in [5, 5.41) is 14.6. The summed E-state index contributed by atoms with van der Waals surface area (Å²) in [7, 11) is 0. The van der Waals surface area contributed by atoms with Crippen LogP contribution in [0.2, 0.25) is 0 Å². The molecule has 0 aromatic carbocycles. The first kappa shape index (κ1) is 11.8. The number of carbonyl (C=O) groups is 1. The quantitative estimate of drug-likeness (QED) is 0.456. The number of hydrogen-bond acceptors (Lipinski definition) is 4. The lowest BCUT2D eigenvalue weighted by molar-refractivity contribution is -0.385. The molecule has 0 saturated heterocycles. The first-order chi connectivity index (χ1) is 8.20. The Bertz CT molecular complexity index is 408. The molecule has 1 fully saturated rings. The Morgan fingerprint density at radius 1 is 1.47 bits per heavy atom. The van der Waals surface area contributed by atoms with Crippen LogP contribution in [0, 0.1) is 16.0 Å². The molecule has 17 heavy (non-hydrogen) atoms. The van der Waals surface area contributed by atoms with E-state index < -0.39 is 4.92 Å². The van der Waals surface area contributed by atoms with E-state index in [9.17, 15) is 14.9 Å². The summed E-state index contributed by atoms with van der Waals surface area (Å²) < 4.78 is 1.69. The first-order valence-corrected chi connectivity index (χ1v) is 5.83. The Labute approximate surface area is 98.8 Å². The second-order valence-electron chi connectivity index (χ2n) is 4.51. The summed E-state index contributed by atoms with van der Waals surface area (Å²) in [6.45, 7) is 0. The van der Waals surface area contributed by atoms with Crippen LogP contribution in [0.3, 0.4) is 0 Å². The van der Waals surface area contributed by atoms with E-state index in [0.29, 0.717) is 12.3 Å². The Kier molecular flexibility index (Phi) is 3.51. The lowest BCUT2D eigenvalue weighted by Gasteiger charge is -2.27. The fourth-order valence-electron chi connectivity index (χ4n) is 2.40. The minimum atomic E-state index is -0.429. The zero-order chi connectivity index (χ0) is 12.3. The van der Waals surface area contributed by atoms with Gasteiger partial charge in [0.15, 0.2) is 0 Å². The summed E-state index contributed by atoms with van der Waals surface area (Å²) >= 11 is 0. The Balaban J connectivity index is 1.95. The third-order valence-corrected chi connectivity index (χ3v) is 3.42. The van der Waals surface area contributed by atoms with Crippen molar-refractivity contribution in [3.63, 3.8) is 0 Å². The highest BCUT2D eigenvalue weighted by molar-refractivity contribution is 5.49. The fraction of sp³-hybridized carbons (Fsp3) is 0.636. The zero-order valence-electron chi connectivity index (χ0n) is 9.49. The number of carbonyl (C=O) groups excluding carboxylic acids is 1. The van der Waals surface area contributed by atoms with Gasteiger partial charge in [0.25, 0.3) is 0 Å². The van der Waals surface area contributed by atoms with Crippen molar-refractivity contribution < 1.29 is 9.72 Å². The van der Waals surface area contributed by atoms with Gasteiger partial charge >= 0.3 is 5.69 Å². The van der Waals surface area contributed by atoms with Crippen molar-refractivity contribution in [1.29, 1.82) is 0 Å². The summed E-state index contributed by atoms with van der Waals surface area (Å²) in [4.78, 5) is 20.5. The van der Waals surface area contributed by atoms with E-state index in [1.807, 2.05) is 0 Å². The maximum atomic E-state index is 10.5. The van der Waals surface area contributed by atoms with Gasteiger partial charge in [0, 0.05) is 6.42 Å². The number of aldehydes is 1. The predicted octanol–water partition coefficient (Wildman–Crippen LogP) is 2.11. The molecule has 0 amide bonds. The number of rotatable bonds is 4. The van der Waals surface area contributed by atoms with Crippen LogP contribution in [-0.2, 0) is 4.79 Å². The van der Waals surface area contributed by atoms with Crippen LogP contribution in [0.4, 0.5) is 5.69 Å². The number of hydrogen-bond donors (Lipinski definition) is 0. The van der Waals surface area contributed by atoms with E-state index in [1.165, 1.54) is 12.4 Å². The molecule has 1 aliphatic rings. The van der Waals surface area contributed by atoms with Crippen molar-refractivity contribution >= 4 is 12.0 Å². The van der Waals surface area contributed by atoms with E-state index in [4.69, 9.17) is 0 Å². The van der Waals surface area contributed by atoms with Crippen LogP contribution in [0.15, 0.2) is 12.4 Å². The monoisotopic (exact) mass is 237 g/mol. The zero-order valence-corrected chi connectivity index (χ0v) is 9.49. The van der Waals surface area contributed by atoms with Crippen LogP contribution < -0.4 is 0 Å². The van der Waals surface area contributed by atoms with Gasteiger partial charge in [0.2, 0.25) is 0 Å². The highest BCUT2D eigenvalue weighted by Gasteiger charge is 2.23. The molecule has 0 atom stereocenters. The van der Waals surface area contributed by atoms with Crippen molar-refractivity contribution in [2.24, 2.45) is 5.92 Å². The molecule has 1 heterocycles. The molecule has 0 N–H and O–H groups in total. The molecule has 1 saturated carbocycles. The van der Waals surface area contributed by atoms with Crippen LogP contribution in [0.5, 0.6) is 0 Å². The molecule has 0 bridgehead atoms. The third kappa shape index (κ3) is 2.69. The lowest BCUT2D eigenvalue weighted by Crippen LogP contribution is -2.18. The lowest BCUT2D eigenvalue weighted by atomic mass is 9.84. The molecule has 92 valence electrons. The summed E-state index contributed by atoms with van der Waals surface area (Å²) in [5.41, 5.74) is 0.0417. The van der Waals surface area contributed by atoms with Crippen molar-refractivity contribution in [3.05, 3.63) is 22.5 Å². The van der Waals surface area contributed by atoms with Gasteiger partial charge in [-0.05, 0) is 31.6 Å². The van der Waals surface area contributed by atoms with Gasteiger partial charge in [-0.2, -0.15) is 5.10 Å². The molecular formula is C11H15N3O3. The summed E-state index contributed by atoms with van der Waals surface area (Å²) in [6.07, 6.45) is 8.26. The Morgan fingerprint density at radius 3 is 2.71 bits per heavy atom. The van der Waals surface area contributed by atoms with Crippen LogP contribution in [0.25, 0.3) is 0 Å². The van der Waals surface area contributed by atoms with Crippen LogP contribution in [-0.4, -0.2) is 21.0 Å². The smallest absolute Gasteiger partial charge is 0.303 e. The first-order valence-electron chi connectivity index (χ1n) is 5.83. The molecular weight excluding hydrogens is 222 g/mol.